The van der Waals surface area contributed by atoms with Gasteiger partial charge in [0.25, 0.3) is 0 Å². The lowest BCUT2D eigenvalue weighted by atomic mass is 10.2. The molecule has 0 bridgehead atoms. The van der Waals surface area contributed by atoms with Crippen LogP contribution in [0.2, 0.25) is 10.0 Å². The molecule has 1 atom stereocenters. The summed E-state index contributed by atoms with van der Waals surface area (Å²) in [6.45, 7) is 6.11. The molecule has 0 saturated carbocycles. The highest BCUT2D eigenvalue weighted by Gasteiger charge is 2.21. The molecule has 2 aromatic carbocycles. The Morgan fingerprint density at radius 2 is 2.00 bits per heavy atom. The van der Waals surface area contributed by atoms with Crippen molar-refractivity contribution in [3.63, 3.8) is 0 Å². The fraction of sp³-hybridized carbons (Fsp3) is 0.190. The Morgan fingerprint density at radius 3 is 2.67 bits per heavy atom. The Morgan fingerprint density at radius 1 is 1.27 bits per heavy atom. The average molecular weight is 463 g/mol. The third-order valence-electron chi connectivity index (χ3n) is 4.24. The van der Waals surface area contributed by atoms with Gasteiger partial charge in [0.1, 0.15) is 5.75 Å². The molecule has 3 aromatic rings. The second-order valence-electron chi connectivity index (χ2n) is 6.28. The highest BCUT2D eigenvalue weighted by Crippen LogP contribution is 2.31. The second-order valence-corrected chi connectivity index (χ2v) is 8.38. The Kier molecular flexibility index (Phi) is 7.42. The Hall–Kier alpha value is -2.48. The van der Waals surface area contributed by atoms with Crippen molar-refractivity contribution < 1.29 is 9.53 Å². The van der Waals surface area contributed by atoms with Crippen LogP contribution in [0.3, 0.4) is 0 Å². The molecule has 0 aliphatic rings. The van der Waals surface area contributed by atoms with E-state index in [4.69, 9.17) is 27.9 Å². The summed E-state index contributed by atoms with van der Waals surface area (Å²) in [6.07, 6.45) is 1.76. The number of ether oxygens (including phenoxy) is 1. The zero-order valence-corrected chi connectivity index (χ0v) is 18.8. The van der Waals surface area contributed by atoms with Gasteiger partial charge in [0.2, 0.25) is 5.91 Å². The maximum Gasteiger partial charge on any atom is 0.237 e. The fourth-order valence-corrected chi connectivity index (χ4v) is 3.88. The number of allylic oxidation sites excluding steroid dienone is 1. The largest absolute Gasteiger partial charge is 0.497 e. The highest BCUT2D eigenvalue weighted by atomic mass is 35.5. The first-order valence-corrected chi connectivity index (χ1v) is 10.7. The minimum absolute atomic E-state index is 0.219. The predicted molar refractivity (Wildman–Crippen MR) is 123 cm³/mol. The predicted octanol–water partition coefficient (Wildman–Crippen LogP) is 5.57. The molecule has 156 valence electrons. The van der Waals surface area contributed by atoms with Gasteiger partial charge < -0.3 is 10.1 Å². The van der Waals surface area contributed by atoms with Crippen molar-refractivity contribution in [2.75, 3.05) is 12.4 Å². The smallest absolute Gasteiger partial charge is 0.237 e. The van der Waals surface area contributed by atoms with Gasteiger partial charge in [-0.05, 0) is 43.3 Å². The molecule has 0 aliphatic carbocycles. The van der Waals surface area contributed by atoms with Crippen LogP contribution in [0, 0.1) is 0 Å². The molecule has 30 heavy (non-hydrogen) atoms. The van der Waals surface area contributed by atoms with Crippen molar-refractivity contribution in [3.05, 3.63) is 65.2 Å². The molecule has 0 aliphatic heterocycles. The van der Waals surface area contributed by atoms with E-state index in [0.717, 1.165) is 11.3 Å². The number of anilines is 1. The van der Waals surface area contributed by atoms with Crippen LogP contribution in [0.4, 0.5) is 5.69 Å². The van der Waals surface area contributed by atoms with Gasteiger partial charge >= 0.3 is 0 Å². The van der Waals surface area contributed by atoms with Crippen molar-refractivity contribution in [2.24, 2.45) is 0 Å². The standard InChI is InChI=1S/C21H20Cl2N4O2S/c1-4-12-27-19(14-8-10-15(29-3)11-9-14)25-26-21(27)30-13(2)20(28)24-17-7-5-6-16(22)18(17)23/h4-11,13H,1,12H2,2-3H3,(H,24,28). The molecule has 1 amide bonds. The van der Waals surface area contributed by atoms with E-state index in [-0.39, 0.29) is 5.91 Å². The summed E-state index contributed by atoms with van der Waals surface area (Å²) in [5, 5.41) is 12.3. The van der Waals surface area contributed by atoms with Gasteiger partial charge in [-0.2, -0.15) is 0 Å². The first kappa shape index (κ1) is 22.2. The van der Waals surface area contributed by atoms with Gasteiger partial charge in [-0.25, -0.2) is 0 Å². The summed E-state index contributed by atoms with van der Waals surface area (Å²) in [6, 6.07) is 12.6. The van der Waals surface area contributed by atoms with Crippen LogP contribution in [0.5, 0.6) is 5.75 Å². The van der Waals surface area contributed by atoms with Gasteiger partial charge in [0.05, 0.1) is 28.1 Å². The molecule has 1 heterocycles. The Bertz CT molecular complexity index is 1050. The molecular weight excluding hydrogens is 443 g/mol. The van der Waals surface area contributed by atoms with Crippen molar-refractivity contribution >= 4 is 46.6 Å². The molecule has 1 aromatic heterocycles. The number of hydrogen-bond donors (Lipinski definition) is 1. The van der Waals surface area contributed by atoms with Crippen LogP contribution >= 0.6 is 35.0 Å². The molecule has 9 heteroatoms. The summed E-state index contributed by atoms with van der Waals surface area (Å²) in [4.78, 5) is 12.7. The fourth-order valence-electron chi connectivity index (χ4n) is 2.67. The minimum atomic E-state index is -0.448. The third-order valence-corrected chi connectivity index (χ3v) is 6.14. The van der Waals surface area contributed by atoms with Gasteiger partial charge in [-0.15, -0.1) is 16.8 Å². The van der Waals surface area contributed by atoms with Crippen molar-refractivity contribution in [1.29, 1.82) is 0 Å². The molecule has 0 saturated heterocycles. The van der Waals surface area contributed by atoms with Crippen LogP contribution in [0.25, 0.3) is 11.4 Å². The van der Waals surface area contributed by atoms with Crippen molar-refractivity contribution in [3.8, 4) is 17.1 Å². The maximum absolute atomic E-state index is 12.7. The molecular formula is C21H20Cl2N4O2S. The summed E-state index contributed by atoms with van der Waals surface area (Å²) in [5.41, 5.74) is 1.35. The van der Waals surface area contributed by atoms with Gasteiger partial charge in [-0.3, -0.25) is 9.36 Å². The van der Waals surface area contributed by atoms with Crippen LogP contribution in [-0.4, -0.2) is 33.0 Å². The number of rotatable bonds is 8. The number of nitrogens with zero attached hydrogens (tertiary/aromatic N) is 3. The zero-order valence-electron chi connectivity index (χ0n) is 16.4. The quantitative estimate of drug-likeness (QED) is 0.350. The molecule has 0 spiro atoms. The number of benzene rings is 2. The van der Waals surface area contributed by atoms with E-state index in [9.17, 15) is 4.79 Å². The van der Waals surface area contributed by atoms with Crippen LogP contribution in [0.1, 0.15) is 6.92 Å². The molecule has 3 rings (SSSR count). The number of carbonyl (C=O) groups is 1. The first-order valence-electron chi connectivity index (χ1n) is 9.04. The lowest BCUT2D eigenvalue weighted by Crippen LogP contribution is -2.23. The number of carbonyl (C=O) groups excluding carboxylic acids is 1. The van der Waals surface area contributed by atoms with Crippen molar-refractivity contribution in [2.45, 2.75) is 23.9 Å². The van der Waals surface area contributed by atoms with Gasteiger partial charge in [0.15, 0.2) is 11.0 Å². The third kappa shape index (κ3) is 4.98. The number of hydrogen-bond acceptors (Lipinski definition) is 5. The normalized spacial score (nSPS) is 11.7. The van der Waals surface area contributed by atoms with E-state index in [0.29, 0.717) is 33.3 Å². The molecule has 0 fully saturated rings. The SMILES string of the molecule is C=CCn1c(SC(C)C(=O)Nc2cccc(Cl)c2Cl)nnc1-c1ccc(OC)cc1. The summed E-state index contributed by atoms with van der Waals surface area (Å²) < 4.78 is 7.12. The lowest BCUT2D eigenvalue weighted by molar-refractivity contribution is -0.115. The number of halogens is 2. The van der Waals surface area contributed by atoms with E-state index in [1.165, 1.54) is 11.8 Å². The van der Waals surface area contributed by atoms with E-state index in [2.05, 4.69) is 22.1 Å². The number of amides is 1. The number of aromatic nitrogens is 3. The summed E-state index contributed by atoms with van der Waals surface area (Å²) in [7, 11) is 1.62. The first-order chi connectivity index (χ1) is 14.4. The van der Waals surface area contributed by atoms with E-state index < -0.39 is 5.25 Å². The minimum Gasteiger partial charge on any atom is -0.497 e. The van der Waals surface area contributed by atoms with Crippen molar-refractivity contribution in [1.82, 2.24) is 14.8 Å². The van der Waals surface area contributed by atoms with Crippen LogP contribution in [-0.2, 0) is 11.3 Å². The Labute approximate surface area is 189 Å². The van der Waals surface area contributed by atoms with Gasteiger partial charge in [0, 0.05) is 12.1 Å². The molecule has 1 N–H and O–H groups in total. The summed E-state index contributed by atoms with van der Waals surface area (Å²) >= 11 is 13.5. The van der Waals surface area contributed by atoms with E-state index in [1.54, 1.807) is 38.3 Å². The average Bonchev–Trinajstić information content (AvgIpc) is 3.14. The van der Waals surface area contributed by atoms with Gasteiger partial charge in [-0.1, -0.05) is 47.1 Å². The lowest BCUT2D eigenvalue weighted by Gasteiger charge is -2.14. The number of methoxy groups -OCH3 is 1. The topological polar surface area (TPSA) is 69.0 Å². The zero-order chi connectivity index (χ0) is 21.7. The number of nitrogens with one attached hydrogen (secondary N) is 1. The Balaban J connectivity index is 1.79. The highest BCUT2D eigenvalue weighted by molar-refractivity contribution is 8.00. The molecule has 6 nitrogen and oxygen atoms in total. The monoisotopic (exact) mass is 462 g/mol. The maximum atomic E-state index is 12.7. The second kappa shape index (κ2) is 10.0. The number of thioether (sulfide) groups is 1. The van der Waals surface area contributed by atoms with Crippen LogP contribution < -0.4 is 10.1 Å². The molecule has 0 radical (unpaired) electrons. The van der Waals surface area contributed by atoms with E-state index >= 15 is 0 Å². The summed E-state index contributed by atoms with van der Waals surface area (Å²) in [5.74, 6) is 1.22. The van der Waals surface area contributed by atoms with E-state index in [1.807, 2.05) is 28.8 Å². The van der Waals surface area contributed by atoms with Crippen LogP contribution in [0.15, 0.2) is 60.3 Å². The molecule has 1 unspecified atom stereocenters.